The van der Waals surface area contributed by atoms with Crippen LogP contribution in [0.4, 0.5) is 0 Å². The Morgan fingerprint density at radius 1 is 1.78 bits per heavy atom. The number of allylic oxidation sites excluding steroid dienone is 2. The van der Waals surface area contributed by atoms with Crippen molar-refractivity contribution in [3.63, 3.8) is 0 Å². The van der Waals surface area contributed by atoms with Crippen LogP contribution in [-0.2, 0) is 0 Å². The summed E-state index contributed by atoms with van der Waals surface area (Å²) in [6, 6.07) is 0. The normalized spacial score (nSPS) is 11.2. The van der Waals surface area contributed by atoms with E-state index in [1.165, 1.54) is 0 Å². The summed E-state index contributed by atoms with van der Waals surface area (Å²) in [7, 11) is 1.78. The maximum absolute atomic E-state index is 5.63. The second-order valence-corrected chi connectivity index (χ2v) is 2.16. The number of hydrogen-bond acceptors (Lipinski definition) is 1. The quantitative estimate of drug-likeness (QED) is 0.475. The number of rotatable bonds is 3. The SMILES string of the molecule is C=C(/C=C(/Cl)NC)CC. The fourth-order valence-corrected chi connectivity index (χ4v) is 0.508. The van der Waals surface area contributed by atoms with Gasteiger partial charge in [-0.25, -0.2) is 0 Å². The molecular weight excluding hydrogens is 134 g/mol. The fourth-order valence-electron chi connectivity index (χ4n) is 0.353. The molecule has 0 fully saturated rings. The molecular formula is C7H12ClN. The molecule has 0 unspecified atom stereocenters. The van der Waals surface area contributed by atoms with E-state index in [4.69, 9.17) is 11.6 Å². The van der Waals surface area contributed by atoms with Crippen molar-refractivity contribution in [1.29, 1.82) is 0 Å². The van der Waals surface area contributed by atoms with Crippen LogP contribution in [0.1, 0.15) is 13.3 Å². The molecule has 1 N–H and O–H groups in total. The lowest BCUT2D eigenvalue weighted by atomic mass is 10.2. The first-order valence-electron chi connectivity index (χ1n) is 2.93. The van der Waals surface area contributed by atoms with Crippen LogP contribution in [0.15, 0.2) is 23.4 Å². The van der Waals surface area contributed by atoms with E-state index in [9.17, 15) is 0 Å². The highest BCUT2D eigenvalue weighted by atomic mass is 35.5. The van der Waals surface area contributed by atoms with Gasteiger partial charge in [-0.2, -0.15) is 0 Å². The number of nitrogens with one attached hydrogen (secondary N) is 1. The monoisotopic (exact) mass is 145 g/mol. The number of halogens is 1. The molecule has 52 valence electrons. The lowest BCUT2D eigenvalue weighted by Crippen LogP contribution is -1.98. The zero-order valence-electron chi connectivity index (χ0n) is 5.87. The predicted octanol–water partition coefficient (Wildman–Crippen LogP) is 2.25. The van der Waals surface area contributed by atoms with E-state index in [0.29, 0.717) is 5.16 Å². The Morgan fingerprint density at radius 3 is 2.67 bits per heavy atom. The molecule has 0 atom stereocenters. The van der Waals surface area contributed by atoms with Gasteiger partial charge in [-0.3, -0.25) is 0 Å². The Bertz CT molecular complexity index is 127. The van der Waals surface area contributed by atoms with E-state index in [1.807, 2.05) is 13.0 Å². The van der Waals surface area contributed by atoms with Crippen LogP contribution in [0.25, 0.3) is 0 Å². The van der Waals surface area contributed by atoms with Gasteiger partial charge in [0, 0.05) is 7.05 Å². The predicted molar refractivity (Wildman–Crippen MR) is 42.4 cm³/mol. The van der Waals surface area contributed by atoms with Gasteiger partial charge >= 0.3 is 0 Å². The van der Waals surface area contributed by atoms with E-state index in [0.717, 1.165) is 12.0 Å². The summed E-state index contributed by atoms with van der Waals surface area (Å²) in [6.07, 6.45) is 2.76. The Morgan fingerprint density at radius 2 is 2.33 bits per heavy atom. The minimum absolute atomic E-state index is 0.641. The van der Waals surface area contributed by atoms with Gasteiger partial charge < -0.3 is 5.32 Å². The van der Waals surface area contributed by atoms with Crippen molar-refractivity contribution in [1.82, 2.24) is 5.32 Å². The van der Waals surface area contributed by atoms with Gasteiger partial charge in [-0.05, 0) is 12.5 Å². The van der Waals surface area contributed by atoms with Crippen LogP contribution >= 0.6 is 11.6 Å². The fraction of sp³-hybridized carbons (Fsp3) is 0.429. The van der Waals surface area contributed by atoms with Gasteiger partial charge in [-0.15, -0.1) is 0 Å². The molecule has 0 spiro atoms. The van der Waals surface area contributed by atoms with Crippen molar-refractivity contribution in [2.75, 3.05) is 7.05 Å². The highest BCUT2D eigenvalue weighted by Crippen LogP contribution is 2.03. The highest BCUT2D eigenvalue weighted by molar-refractivity contribution is 6.29. The molecule has 9 heavy (non-hydrogen) atoms. The smallest absolute Gasteiger partial charge is 0.102 e. The first-order chi connectivity index (χ1) is 4.20. The van der Waals surface area contributed by atoms with Gasteiger partial charge in [-0.1, -0.05) is 30.7 Å². The summed E-state index contributed by atoms with van der Waals surface area (Å²) in [4.78, 5) is 0. The molecule has 0 radical (unpaired) electrons. The highest BCUT2D eigenvalue weighted by Gasteiger charge is 1.86. The Hall–Kier alpha value is -0.430. The standard InChI is InChI=1S/C7H12ClN/c1-4-6(2)5-7(8)9-3/h5,9H,2,4H2,1,3H3/b7-5-. The third kappa shape index (κ3) is 4.10. The molecule has 0 heterocycles. The van der Waals surface area contributed by atoms with Crippen LogP contribution in [-0.4, -0.2) is 7.05 Å². The summed E-state index contributed by atoms with van der Waals surface area (Å²) in [6.45, 7) is 5.80. The molecule has 0 aromatic rings. The lowest BCUT2D eigenvalue weighted by Gasteiger charge is -1.96. The van der Waals surface area contributed by atoms with Gasteiger partial charge in [0.05, 0.1) is 0 Å². The topological polar surface area (TPSA) is 12.0 Å². The summed E-state index contributed by atoms with van der Waals surface area (Å²) in [5.41, 5.74) is 1.04. The molecule has 0 saturated heterocycles. The van der Waals surface area contributed by atoms with Crippen LogP contribution in [0.3, 0.4) is 0 Å². The molecule has 0 bridgehead atoms. The van der Waals surface area contributed by atoms with Crippen LogP contribution in [0.2, 0.25) is 0 Å². The summed E-state index contributed by atoms with van der Waals surface area (Å²) in [5.74, 6) is 0. The Kier molecular flexibility index (Phi) is 4.24. The van der Waals surface area contributed by atoms with Crippen LogP contribution < -0.4 is 5.32 Å². The van der Waals surface area contributed by atoms with Gasteiger partial charge in [0.15, 0.2) is 0 Å². The summed E-state index contributed by atoms with van der Waals surface area (Å²) < 4.78 is 0. The van der Waals surface area contributed by atoms with Crippen molar-refractivity contribution in [2.45, 2.75) is 13.3 Å². The summed E-state index contributed by atoms with van der Waals surface area (Å²) >= 11 is 5.63. The van der Waals surface area contributed by atoms with E-state index >= 15 is 0 Å². The van der Waals surface area contributed by atoms with Gasteiger partial charge in [0.25, 0.3) is 0 Å². The van der Waals surface area contributed by atoms with Crippen LogP contribution in [0.5, 0.6) is 0 Å². The van der Waals surface area contributed by atoms with E-state index in [-0.39, 0.29) is 0 Å². The molecule has 0 rings (SSSR count). The Labute approximate surface area is 61.4 Å². The molecule has 0 aromatic heterocycles. The van der Waals surface area contributed by atoms with Gasteiger partial charge in [0.1, 0.15) is 5.16 Å². The maximum atomic E-state index is 5.63. The van der Waals surface area contributed by atoms with Crippen molar-refractivity contribution in [2.24, 2.45) is 0 Å². The third-order valence-corrected chi connectivity index (χ3v) is 1.32. The lowest BCUT2D eigenvalue weighted by molar-refractivity contribution is 1.06. The van der Waals surface area contributed by atoms with Crippen LogP contribution in [0, 0.1) is 0 Å². The molecule has 0 aliphatic heterocycles. The first kappa shape index (κ1) is 8.57. The molecule has 0 amide bonds. The second kappa shape index (κ2) is 4.45. The van der Waals surface area contributed by atoms with Crippen molar-refractivity contribution in [3.8, 4) is 0 Å². The minimum Gasteiger partial charge on any atom is -0.379 e. The third-order valence-electron chi connectivity index (χ3n) is 1.02. The average Bonchev–Trinajstić information content (AvgIpc) is 1.87. The largest absolute Gasteiger partial charge is 0.379 e. The van der Waals surface area contributed by atoms with Gasteiger partial charge in [0.2, 0.25) is 0 Å². The minimum atomic E-state index is 0.641. The first-order valence-corrected chi connectivity index (χ1v) is 3.31. The zero-order valence-corrected chi connectivity index (χ0v) is 6.63. The zero-order chi connectivity index (χ0) is 7.28. The maximum Gasteiger partial charge on any atom is 0.102 e. The molecule has 0 saturated carbocycles. The molecule has 0 aliphatic rings. The van der Waals surface area contributed by atoms with E-state index in [2.05, 4.69) is 11.9 Å². The molecule has 0 aliphatic carbocycles. The van der Waals surface area contributed by atoms with Crippen molar-refractivity contribution >= 4 is 11.6 Å². The number of hydrogen-bond donors (Lipinski definition) is 1. The average molecular weight is 146 g/mol. The van der Waals surface area contributed by atoms with Crippen molar-refractivity contribution in [3.05, 3.63) is 23.4 Å². The van der Waals surface area contributed by atoms with E-state index < -0.39 is 0 Å². The Balaban J connectivity index is 3.79. The van der Waals surface area contributed by atoms with E-state index in [1.54, 1.807) is 7.05 Å². The second-order valence-electron chi connectivity index (χ2n) is 1.75. The molecule has 1 nitrogen and oxygen atoms in total. The molecule has 2 heteroatoms. The summed E-state index contributed by atoms with van der Waals surface area (Å²) in [5, 5.41) is 3.44. The molecule has 0 aromatic carbocycles. The van der Waals surface area contributed by atoms with Crippen molar-refractivity contribution < 1.29 is 0 Å².